The predicted octanol–water partition coefficient (Wildman–Crippen LogP) is 0.360. The van der Waals surface area contributed by atoms with E-state index >= 15 is 0 Å². The van der Waals surface area contributed by atoms with Crippen LogP contribution in [0.5, 0.6) is 0 Å². The highest BCUT2D eigenvalue weighted by molar-refractivity contribution is 5.83. The highest BCUT2D eigenvalue weighted by Crippen LogP contribution is 2.19. The minimum absolute atomic E-state index is 0.0339. The van der Waals surface area contributed by atoms with Gasteiger partial charge in [-0.05, 0) is 26.2 Å². The fourth-order valence-electron chi connectivity index (χ4n) is 2.08. The van der Waals surface area contributed by atoms with Gasteiger partial charge in [-0.2, -0.15) is 0 Å². The lowest BCUT2D eigenvalue weighted by molar-refractivity contribution is -0.141. The van der Waals surface area contributed by atoms with Crippen LogP contribution in [0.3, 0.4) is 0 Å². The van der Waals surface area contributed by atoms with E-state index in [0.717, 1.165) is 6.42 Å². The van der Waals surface area contributed by atoms with Crippen molar-refractivity contribution in [3.63, 3.8) is 0 Å². The van der Waals surface area contributed by atoms with Crippen LogP contribution in [0.15, 0.2) is 0 Å². The second-order valence-electron chi connectivity index (χ2n) is 4.13. The number of hydrogen-bond donors (Lipinski definition) is 2. The molecule has 1 saturated heterocycles. The molecule has 2 amide bonds. The number of aliphatic hydroxyl groups is 1. The third-order valence-corrected chi connectivity index (χ3v) is 3.02. The van der Waals surface area contributed by atoms with E-state index in [1.165, 1.54) is 4.90 Å². The van der Waals surface area contributed by atoms with Crippen LogP contribution in [0.25, 0.3) is 0 Å². The summed E-state index contributed by atoms with van der Waals surface area (Å²) in [5, 5.41) is 17.8. The number of carbonyl (C=O) groups is 2. The maximum Gasteiger partial charge on any atom is 0.326 e. The van der Waals surface area contributed by atoms with Crippen LogP contribution in [-0.4, -0.2) is 64.3 Å². The highest BCUT2D eigenvalue weighted by atomic mass is 16.4. The molecule has 0 aliphatic carbocycles. The van der Waals surface area contributed by atoms with Gasteiger partial charge in [0.05, 0.1) is 0 Å². The van der Waals surface area contributed by atoms with Crippen LogP contribution in [0.2, 0.25) is 0 Å². The maximum atomic E-state index is 12.1. The molecule has 1 fully saturated rings. The summed E-state index contributed by atoms with van der Waals surface area (Å²) in [6, 6.07) is -0.920. The summed E-state index contributed by atoms with van der Waals surface area (Å²) in [6.45, 7) is 3.38. The van der Waals surface area contributed by atoms with Crippen molar-refractivity contribution in [3.8, 4) is 0 Å². The lowest BCUT2D eigenvalue weighted by Gasteiger charge is -2.29. The molecule has 1 atom stereocenters. The molecule has 0 radical (unpaired) electrons. The summed E-state index contributed by atoms with van der Waals surface area (Å²) in [7, 11) is 0. The van der Waals surface area contributed by atoms with E-state index in [-0.39, 0.29) is 12.6 Å². The molecule has 0 saturated carbocycles. The molecule has 1 rings (SSSR count). The fraction of sp³-hybridized carbons (Fsp3) is 0.818. The molecule has 0 aromatic rings. The third-order valence-electron chi connectivity index (χ3n) is 3.02. The van der Waals surface area contributed by atoms with Crippen molar-refractivity contribution >= 4 is 12.0 Å². The number of aliphatic hydroxyl groups excluding tert-OH is 1. The Morgan fingerprint density at radius 1 is 1.47 bits per heavy atom. The lowest BCUT2D eigenvalue weighted by atomic mass is 10.2. The van der Waals surface area contributed by atoms with Crippen molar-refractivity contribution in [1.82, 2.24) is 9.80 Å². The summed E-state index contributed by atoms with van der Waals surface area (Å²) in [5.74, 6) is -0.936. The molecule has 17 heavy (non-hydrogen) atoms. The molecule has 1 heterocycles. The number of rotatable bonds is 5. The van der Waals surface area contributed by atoms with Gasteiger partial charge in [0.25, 0.3) is 0 Å². The molecule has 6 heteroatoms. The van der Waals surface area contributed by atoms with Crippen molar-refractivity contribution in [2.45, 2.75) is 32.2 Å². The van der Waals surface area contributed by atoms with Gasteiger partial charge in [0, 0.05) is 26.2 Å². The minimum Gasteiger partial charge on any atom is -0.480 e. The smallest absolute Gasteiger partial charge is 0.326 e. The Morgan fingerprint density at radius 2 is 2.18 bits per heavy atom. The van der Waals surface area contributed by atoms with E-state index in [4.69, 9.17) is 10.2 Å². The molecule has 1 aliphatic heterocycles. The number of nitrogens with zero attached hydrogens (tertiary/aromatic N) is 2. The quantitative estimate of drug-likeness (QED) is 0.731. The first-order chi connectivity index (χ1) is 8.11. The lowest BCUT2D eigenvalue weighted by Crippen LogP contribution is -2.48. The van der Waals surface area contributed by atoms with Crippen LogP contribution < -0.4 is 0 Å². The Labute approximate surface area is 101 Å². The van der Waals surface area contributed by atoms with E-state index in [2.05, 4.69) is 0 Å². The Hall–Kier alpha value is -1.30. The van der Waals surface area contributed by atoms with Gasteiger partial charge in [-0.3, -0.25) is 0 Å². The molecule has 0 aromatic carbocycles. The van der Waals surface area contributed by atoms with Crippen LogP contribution in [0.1, 0.15) is 26.2 Å². The number of likely N-dealkylation sites (tertiary alicyclic amines) is 1. The van der Waals surface area contributed by atoms with E-state index in [0.29, 0.717) is 32.5 Å². The molecule has 2 N–H and O–H groups in total. The number of aliphatic carboxylic acids is 1. The number of carboxylic acids is 1. The Bertz CT molecular complexity index is 283. The van der Waals surface area contributed by atoms with Crippen molar-refractivity contribution in [2.75, 3.05) is 26.2 Å². The molecule has 0 spiro atoms. The van der Waals surface area contributed by atoms with Gasteiger partial charge in [0.15, 0.2) is 0 Å². The van der Waals surface area contributed by atoms with Crippen molar-refractivity contribution < 1.29 is 19.8 Å². The standard InChI is InChI=1S/C11H20N2O4/c1-2-12(6-4-8-14)11(17)13-7-3-5-9(13)10(15)16/h9,14H,2-8H2,1H3,(H,15,16). The van der Waals surface area contributed by atoms with Gasteiger partial charge in [-0.15, -0.1) is 0 Å². The van der Waals surface area contributed by atoms with Crippen LogP contribution >= 0.6 is 0 Å². The van der Waals surface area contributed by atoms with Crippen molar-refractivity contribution in [1.29, 1.82) is 0 Å². The second kappa shape index (κ2) is 6.44. The Morgan fingerprint density at radius 3 is 2.71 bits per heavy atom. The molecular weight excluding hydrogens is 224 g/mol. The zero-order valence-corrected chi connectivity index (χ0v) is 10.1. The molecule has 6 nitrogen and oxygen atoms in total. The predicted molar refractivity (Wildman–Crippen MR) is 61.7 cm³/mol. The van der Waals surface area contributed by atoms with E-state index < -0.39 is 12.0 Å². The van der Waals surface area contributed by atoms with Crippen LogP contribution in [-0.2, 0) is 4.79 Å². The number of amides is 2. The first-order valence-electron chi connectivity index (χ1n) is 6.01. The summed E-state index contributed by atoms with van der Waals surface area (Å²) in [6.07, 6.45) is 1.78. The van der Waals surface area contributed by atoms with Crippen LogP contribution in [0, 0.1) is 0 Å². The molecule has 0 bridgehead atoms. The normalized spacial score (nSPS) is 19.4. The van der Waals surface area contributed by atoms with Gasteiger partial charge in [-0.25, -0.2) is 9.59 Å². The highest BCUT2D eigenvalue weighted by Gasteiger charge is 2.35. The van der Waals surface area contributed by atoms with E-state index in [1.807, 2.05) is 6.92 Å². The zero-order chi connectivity index (χ0) is 12.8. The summed E-state index contributed by atoms with van der Waals surface area (Å²) in [5.41, 5.74) is 0. The minimum atomic E-state index is -0.936. The van der Waals surface area contributed by atoms with Crippen LogP contribution in [0.4, 0.5) is 4.79 Å². The first kappa shape index (κ1) is 13.8. The second-order valence-corrected chi connectivity index (χ2v) is 4.13. The van der Waals surface area contributed by atoms with Gasteiger partial charge < -0.3 is 20.0 Å². The van der Waals surface area contributed by atoms with Gasteiger partial charge in [0.2, 0.25) is 0 Å². The number of carbonyl (C=O) groups excluding carboxylic acids is 1. The summed E-state index contributed by atoms with van der Waals surface area (Å²) < 4.78 is 0. The average molecular weight is 244 g/mol. The topological polar surface area (TPSA) is 81.1 Å². The van der Waals surface area contributed by atoms with Gasteiger partial charge in [-0.1, -0.05) is 0 Å². The van der Waals surface area contributed by atoms with E-state index in [1.54, 1.807) is 4.90 Å². The number of hydrogen-bond acceptors (Lipinski definition) is 3. The summed E-state index contributed by atoms with van der Waals surface area (Å²) in [4.78, 5) is 26.1. The SMILES string of the molecule is CCN(CCCO)C(=O)N1CCCC1C(=O)O. The first-order valence-corrected chi connectivity index (χ1v) is 6.01. The zero-order valence-electron chi connectivity index (χ0n) is 10.1. The Kier molecular flexibility index (Phi) is 5.21. The molecule has 0 aromatic heterocycles. The monoisotopic (exact) mass is 244 g/mol. The largest absolute Gasteiger partial charge is 0.480 e. The third kappa shape index (κ3) is 3.33. The van der Waals surface area contributed by atoms with Crippen molar-refractivity contribution in [2.24, 2.45) is 0 Å². The van der Waals surface area contributed by atoms with Crippen molar-refractivity contribution in [3.05, 3.63) is 0 Å². The number of urea groups is 1. The molecule has 1 unspecified atom stereocenters. The molecule has 98 valence electrons. The summed E-state index contributed by atoms with van der Waals surface area (Å²) >= 11 is 0. The fourth-order valence-corrected chi connectivity index (χ4v) is 2.08. The Balaban J connectivity index is 2.63. The molecular formula is C11H20N2O4. The number of carboxylic acid groups (broad SMARTS) is 1. The molecule has 1 aliphatic rings. The average Bonchev–Trinajstić information content (AvgIpc) is 2.78. The van der Waals surface area contributed by atoms with Gasteiger partial charge in [0.1, 0.15) is 6.04 Å². The van der Waals surface area contributed by atoms with Gasteiger partial charge >= 0.3 is 12.0 Å². The van der Waals surface area contributed by atoms with E-state index in [9.17, 15) is 9.59 Å². The maximum absolute atomic E-state index is 12.1.